The van der Waals surface area contributed by atoms with E-state index in [1.165, 1.54) is 11.5 Å². The molecule has 0 amide bonds. The molecule has 2 rings (SSSR count). The van der Waals surface area contributed by atoms with Gasteiger partial charge in [-0.1, -0.05) is 10.6 Å². The molecule has 60 valence electrons. The number of aromatic nitrogens is 2. The second-order valence-corrected chi connectivity index (χ2v) is 3.12. The average Bonchev–Trinajstić information content (AvgIpc) is 2.49. The van der Waals surface area contributed by atoms with Crippen LogP contribution in [-0.4, -0.2) is 15.4 Å². The smallest absolute Gasteiger partial charge is 0.125 e. The van der Waals surface area contributed by atoms with Gasteiger partial charge in [-0.25, -0.2) is 0 Å². The van der Waals surface area contributed by atoms with Crippen LogP contribution in [-0.2, 0) is 0 Å². The highest BCUT2D eigenvalue weighted by Gasteiger charge is 2.05. The van der Waals surface area contributed by atoms with Crippen LogP contribution in [0, 0.1) is 5.41 Å². The van der Waals surface area contributed by atoms with Crippen molar-refractivity contribution < 1.29 is 0 Å². The van der Waals surface area contributed by atoms with Gasteiger partial charge < -0.3 is 5.73 Å². The Kier molecular flexibility index (Phi) is 1.51. The largest absolute Gasteiger partial charge is 0.384 e. The molecule has 0 aliphatic rings. The van der Waals surface area contributed by atoms with E-state index in [4.69, 9.17) is 11.1 Å². The Morgan fingerprint density at radius 2 is 2.33 bits per heavy atom. The van der Waals surface area contributed by atoms with Crippen LogP contribution < -0.4 is 5.73 Å². The van der Waals surface area contributed by atoms with Gasteiger partial charge in [0.15, 0.2) is 0 Å². The van der Waals surface area contributed by atoms with Crippen molar-refractivity contribution in [3.63, 3.8) is 0 Å². The number of nitrogens with two attached hydrogens (primary N) is 1. The van der Waals surface area contributed by atoms with E-state index >= 15 is 0 Å². The van der Waals surface area contributed by atoms with E-state index in [-0.39, 0.29) is 5.84 Å². The van der Waals surface area contributed by atoms with Crippen molar-refractivity contribution in [3.8, 4) is 0 Å². The van der Waals surface area contributed by atoms with Gasteiger partial charge in [0.05, 0.1) is 4.70 Å². The third kappa shape index (κ3) is 0.947. The lowest BCUT2D eigenvalue weighted by Crippen LogP contribution is -2.11. The zero-order chi connectivity index (χ0) is 8.55. The van der Waals surface area contributed by atoms with Crippen molar-refractivity contribution in [1.82, 2.24) is 9.59 Å². The van der Waals surface area contributed by atoms with E-state index in [0.717, 1.165) is 10.2 Å². The Morgan fingerprint density at radius 3 is 3.08 bits per heavy atom. The fraction of sp³-hybridized carbons (Fsp3) is 0. The highest BCUT2D eigenvalue weighted by molar-refractivity contribution is 7.13. The Balaban J connectivity index is 2.82. The van der Waals surface area contributed by atoms with Crippen molar-refractivity contribution in [1.29, 1.82) is 5.41 Å². The summed E-state index contributed by atoms with van der Waals surface area (Å²) in [5.74, 6) is 0.0355. The van der Waals surface area contributed by atoms with Gasteiger partial charge in [0.25, 0.3) is 0 Å². The molecule has 0 fully saturated rings. The van der Waals surface area contributed by atoms with Crippen LogP contribution in [0.1, 0.15) is 5.56 Å². The molecule has 1 aromatic heterocycles. The van der Waals surface area contributed by atoms with E-state index in [0.29, 0.717) is 5.56 Å². The van der Waals surface area contributed by atoms with Crippen LogP contribution >= 0.6 is 11.5 Å². The molecule has 0 atom stereocenters. The highest BCUT2D eigenvalue weighted by Crippen LogP contribution is 2.18. The van der Waals surface area contributed by atoms with Crippen molar-refractivity contribution in [3.05, 3.63) is 23.8 Å². The molecular formula is C7H6N4S. The lowest BCUT2D eigenvalue weighted by molar-refractivity contribution is 1.19. The minimum absolute atomic E-state index is 0.0355. The number of rotatable bonds is 1. The molecule has 5 heteroatoms. The molecule has 4 nitrogen and oxygen atoms in total. The van der Waals surface area contributed by atoms with E-state index in [2.05, 4.69) is 9.59 Å². The van der Waals surface area contributed by atoms with Crippen LogP contribution in [0.25, 0.3) is 10.2 Å². The first-order valence-electron chi connectivity index (χ1n) is 3.34. The van der Waals surface area contributed by atoms with E-state index < -0.39 is 0 Å². The van der Waals surface area contributed by atoms with Crippen molar-refractivity contribution >= 4 is 27.6 Å². The van der Waals surface area contributed by atoms with Crippen LogP contribution in [0.3, 0.4) is 0 Å². The predicted molar refractivity (Wildman–Crippen MR) is 48.4 cm³/mol. The summed E-state index contributed by atoms with van der Waals surface area (Å²) >= 11 is 1.31. The molecule has 0 bridgehead atoms. The van der Waals surface area contributed by atoms with Gasteiger partial charge in [-0.3, -0.25) is 5.41 Å². The van der Waals surface area contributed by atoms with E-state index in [1.807, 2.05) is 12.1 Å². The summed E-state index contributed by atoms with van der Waals surface area (Å²) in [7, 11) is 0. The van der Waals surface area contributed by atoms with Gasteiger partial charge in [-0.05, 0) is 23.7 Å². The number of benzene rings is 1. The van der Waals surface area contributed by atoms with Gasteiger partial charge >= 0.3 is 0 Å². The zero-order valence-corrected chi connectivity index (χ0v) is 6.93. The predicted octanol–water partition coefficient (Wildman–Crippen LogP) is 0.975. The number of nitrogens with one attached hydrogen (secondary N) is 1. The van der Waals surface area contributed by atoms with Gasteiger partial charge in [0.2, 0.25) is 0 Å². The summed E-state index contributed by atoms with van der Waals surface area (Å²) in [4.78, 5) is 0. The molecule has 1 aromatic carbocycles. The number of hydrogen-bond acceptors (Lipinski definition) is 4. The Hall–Kier alpha value is -1.49. The lowest BCUT2D eigenvalue weighted by Gasteiger charge is -1.96. The Morgan fingerprint density at radius 1 is 1.50 bits per heavy atom. The van der Waals surface area contributed by atoms with Crippen molar-refractivity contribution in [2.75, 3.05) is 0 Å². The Labute approximate surface area is 72.7 Å². The first-order valence-corrected chi connectivity index (χ1v) is 4.12. The number of fused-ring (bicyclic) bond motifs is 1. The third-order valence-corrected chi connectivity index (χ3v) is 2.26. The minimum Gasteiger partial charge on any atom is -0.384 e. The molecule has 3 N–H and O–H groups in total. The van der Waals surface area contributed by atoms with Crippen LogP contribution in [0.4, 0.5) is 0 Å². The summed E-state index contributed by atoms with van der Waals surface area (Å²) in [5.41, 5.74) is 6.73. The van der Waals surface area contributed by atoms with E-state index in [1.54, 1.807) is 6.07 Å². The standard InChI is InChI=1S/C7H6N4S/c8-7(9)4-2-1-3-5-6(4)10-11-12-5/h1-3H,(H3,8,9). The van der Waals surface area contributed by atoms with Gasteiger partial charge in [0.1, 0.15) is 11.4 Å². The average molecular weight is 178 g/mol. The Bertz CT molecular complexity index is 434. The molecule has 0 aliphatic carbocycles. The zero-order valence-electron chi connectivity index (χ0n) is 6.11. The van der Waals surface area contributed by atoms with Crippen LogP contribution in [0.5, 0.6) is 0 Å². The second-order valence-electron chi connectivity index (χ2n) is 2.34. The SMILES string of the molecule is N=C(N)c1cccc2snnc12. The molecule has 2 aromatic rings. The van der Waals surface area contributed by atoms with Gasteiger partial charge in [-0.2, -0.15) is 0 Å². The highest BCUT2D eigenvalue weighted by atomic mass is 32.1. The van der Waals surface area contributed by atoms with Gasteiger partial charge in [-0.15, -0.1) is 5.10 Å². The number of nitrogens with zero attached hydrogens (tertiary/aromatic N) is 2. The fourth-order valence-corrected chi connectivity index (χ4v) is 1.61. The number of amidine groups is 1. The molecular weight excluding hydrogens is 172 g/mol. The number of hydrogen-bond donors (Lipinski definition) is 2. The summed E-state index contributed by atoms with van der Waals surface area (Å²) in [6.45, 7) is 0. The molecule has 1 heterocycles. The maximum atomic E-state index is 7.27. The first-order chi connectivity index (χ1) is 5.79. The molecule has 0 radical (unpaired) electrons. The summed E-state index contributed by atoms with van der Waals surface area (Å²) in [6.07, 6.45) is 0. The first kappa shape index (κ1) is 7.17. The number of nitrogen functional groups attached to an aromatic ring is 1. The fourth-order valence-electron chi connectivity index (χ4n) is 1.02. The monoisotopic (exact) mass is 178 g/mol. The van der Waals surface area contributed by atoms with Crippen LogP contribution in [0.15, 0.2) is 18.2 Å². The normalized spacial score (nSPS) is 10.3. The van der Waals surface area contributed by atoms with Crippen molar-refractivity contribution in [2.24, 2.45) is 5.73 Å². The summed E-state index contributed by atoms with van der Waals surface area (Å²) < 4.78 is 4.74. The van der Waals surface area contributed by atoms with E-state index in [9.17, 15) is 0 Å². The summed E-state index contributed by atoms with van der Waals surface area (Å²) in [5, 5.41) is 11.2. The quantitative estimate of drug-likeness (QED) is 0.504. The minimum atomic E-state index is 0.0355. The summed E-state index contributed by atoms with van der Waals surface area (Å²) in [6, 6.07) is 5.53. The molecule has 0 saturated carbocycles. The lowest BCUT2D eigenvalue weighted by atomic mass is 10.2. The molecule has 0 unspecified atom stereocenters. The maximum absolute atomic E-state index is 7.27. The van der Waals surface area contributed by atoms with Crippen LogP contribution in [0.2, 0.25) is 0 Å². The molecule has 0 spiro atoms. The third-order valence-electron chi connectivity index (χ3n) is 1.57. The molecule has 12 heavy (non-hydrogen) atoms. The van der Waals surface area contributed by atoms with Crippen molar-refractivity contribution in [2.45, 2.75) is 0 Å². The molecule has 0 saturated heterocycles. The second kappa shape index (κ2) is 2.53. The topological polar surface area (TPSA) is 75.7 Å². The molecule has 0 aliphatic heterocycles. The van der Waals surface area contributed by atoms with Gasteiger partial charge in [0, 0.05) is 5.56 Å². The maximum Gasteiger partial charge on any atom is 0.125 e.